The second-order valence-electron chi connectivity index (χ2n) is 7.07. The first kappa shape index (κ1) is 18.3. The van der Waals surface area contributed by atoms with Crippen LogP contribution in [0.4, 0.5) is 11.6 Å². The molecular formula is C19H24Cl2N4. The summed E-state index contributed by atoms with van der Waals surface area (Å²) in [5.41, 5.74) is 7.47. The summed E-state index contributed by atoms with van der Waals surface area (Å²) in [5.74, 6) is 3.67. The lowest BCUT2D eigenvalue weighted by Gasteiger charge is -2.20. The topological polar surface area (TPSA) is 55.0 Å². The fourth-order valence-corrected chi connectivity index (χ4v) is 4.62. The van der Waals surface area contributed by atoms with Gasteiger partial charge in [-0.25, -0.2) is 9.97 Å². The first-order valence-electron chi connectivity index (χ1n) is 8.34. The monoisotopic (exact) mass is 378 g/mol. The number of hydrogen-bond acceptors (Lipinski definition) is 4. The number of fused-ring (bicyclic) bond motifs is 1. The highest BCUT2D eigenvalue weighted by atomic mass is 35.5. The van der Waals surface area contributed by atoms with Crippen molar-refractivity contribution in [1.82, 2.24) is 9.97 Å². The van der Waals surface area contributed by atoms with Crippen LogP contribution in [0.1, 0.15) is 27.2 Å². The van der Waals surface area contributed by atoms with Gasteiger partial charge in [0.15, 0.2) is 5.82 Å². The summed E-state index contributed by atoms with van der Waals surface area (Å²) < 4.78 is 0. The quantitative estimate of drug-likeness (QED) is 0.784. The van der Waals surface area contributed by atoms with Gasteiger partial charge in [-0.15, -0.1) is 0 Å². The lowest BCUT2D eigenvalue weighted by atomic mass is 10.0. The molecule has 1 saturated carbocycles. The molecule has 1 saturated heterocycles. The van der Waals surface area contributed by atoms with E-state index in [-0.39, 0.29) is 7.43 Å². The highest BCUT2D eigenvalue weighted by Crippen LogP contribution is 2.42. The number of halogens is 2. The highest BCUT2D eigenvalue weighted by Gasteiger charge is 2.39. The molecule has 1 aliphatic carbocycles. The molecule has 6 heteroatoms. The van der Waals surface area contributed by atoms with Crippen LogP contribution in [0.2, 0.25) is 10.0 Å². The summed E-state index contributed by atoms with van der Waals surface area (Å²) in [5, 5.41) is 0.943. The minimum Gasteiger partial charge on any atom is -0.382 e. The normalized spacial score (nSPS) is 24.9. The molecule has 0 spiro atoms. The Balaban J connectivity index is 0.00000182. The molecule has 2 fully saturated rings. The number of anilines is 2. The Hall–Kier alpha value is -1.52. The third kappa shape index (κ3) is 3.30. The van der Waals surface area contributed by atoms with Crippen LogP contribution < -0.4 is 10.6 Å². The minimum absolute atomic E-state index is 0. The highest BCUT2D eigenvalue weighted by molar-refractivity contribution is 6.43. The van der Waals surface area contributed by atoms with E-state index in [9.17, 15) is 0 Å². The second-order valence-corrected chi connectivity index (χ2v) is 7.85. The summed E-state index contributed by atoms with van der Waals surface area (Å²) in [6, 6.07) is 5.44. The van der Waals surface area contributed by atoms with Crippen molar-refractivity contribution in [2.75, 3.05) is 23.7 Å². The van der Waals surface area contributed by atoms with E-state index in [0.29, 0.717) is 27.1 Å². The van der Waals surface area contributed by atoms with E-state index in [1.54, 1.807) is 12.3 Å². The molecule has 2 unspecified atom stereocenters. The summed E-state index contributed by atoms with van der Waals surface area (Å²) in [7, 11) is 0. The molecule has 1 aromatic carbocycles. The van der Waals surface area contributed by atoms with Crippen LogP contribution in [-0.2, 0) is 0 Å². The number of nitrogens with two attached hydrogens (primary N) is 1. The van der Waals surface area contributed by atoms with E-state index in [2.05, 4.69) is 21.8 Å². The molecule has 134 valence electrons. The zero-order valence-corrected chi connectivity index (χ0v) is 15.1. The summed E-state index contributed by atoms with van der Waals surface area (Å²) in [6.45, 7) is 4.46. The molecule has 1 aliphatic heterocycles. The van der Waals surface area contributed by atoms with E-state index in [1.165, 1.54) is 12.8 Å². The van der Waals surface area contributed by atoms with Gasteiger partial charge in [-0.05, 0) is 36.7 Å². The van der Waals surface area contributed by atoms with Gasteiger partial charge in [0.25, 0.3) is 0 Å². The first-order chi connectivity index (χ1) is 11.5. The maximum Gasteiger partial charge on any atom is 0.152 e. The number of nitrogen functional groups attached to an aromatic ring is 1. The van der Waals surface area contributed by atoms with E-state index >= 15 is 0 Å². The van der Waals surface area contributed by atoms with Crippen molar-refractivity contribution >= 4 is 34.8 Å². The molecule has 2 heterocycles. The molecule has 1 aromatic heterocycles. The predicted octanol–water partition coefficient (Wildman–Crippen LogP) is 5.15. The second kappa shape index (κ2) is 7.00. The standard InChI is InChI=1S/C18H20Cl2N4.CH4/c1-10-5-11-8-24(9-12(11)6-10)15-7-22-17(18(21)23-15)13-3-2-4-14(19)16(13)20;/h2-4,7,10-12H,5-6,8-9H2,1H3,(H2,21,23);1H4. The lowest BCUT2D eigenvalue weighted by molar-refractivity contribution is 0.494. The molecule has 4 rings (SSSR count). The van der Waals surface area contributed by atoms with Crippen LogP contribution in [0.25, 0.3) is 11.3 Å². The Morgan fingerprint density at radius 3 is 2.48 bits per heavy atom. The van der Waals surface area contributed by atoms with Crippen LogP contribution in [0.5, 0.6) is 0 Å². The molecule has 2 aliphatic rings. The summed E-state index contributed by atoms with van der Waals surface area (Å²) >= 11 is 12.4. The molecule has 0 radical (unpaired) electrons. The van der Waals surface area contributed by atoms with Gasteiger partial charge in [-0.2, -0.15) is 0 Å². The summed E-state index contributed by atoms with van der Waals surface area (Å²) in [4.78, 5) is 11.4. The van der Waals surface area contributed by atoms with Gasteiger partial charge in [0.05, 0.1) is 16.2 Å². The van der Waals surface area contributed by atoms with Crippen molar-refractivity contribution in [3.63, 3.8) is 0 Å². The van der Waals surface area contributed by atoms with Gasteiger partial charge >= 0.3 is 0 Å². The molecule has 2 aromatic rings. The van der Waals surface area contributed by atoms with Crippen molar-refractivity contribution in [2.45, 2.75) is 27.2 Å². The summed E-state index contributed by atoms with van der Waals surface area (Å²) in [6.07, 6.45) is 4.44. The molecule has 2 N–H and O–H groups in total. The van der Waals surface area contributed by atoms with Gasteiger partial charge < -0.3 is 10.6 Å². The van der Waals surface area contributed by atoms with Gasteiger partial charge in [-0.1, -0.05) is 49.7 Å². The zero-order valence-electron chi connectivity index (χ0n) is 13.5. The Morgan fingerprint density at radius 1 is 1.16 bits per heavy atom. The van der Waals surface area contributed by atoms with E-state index in [4.69, 9.17) is 28.9 Å². The molecule has 0 bridgehead atoms. The third-order valence-corrected chi connectivity index (χ3v) is 6.12. The molecule has 2 atom stereocenters. The minimum atomic E-state index is 0. The Morgan fingerprint density at radius 2 is 1.84 bits per heavy atom. The maximum absolute atomic E-state index is 6.28. The van der Waals surface area contributed by atoms with Crippen LogP contribution >= 0.6 is 23.2 Å². The number of hydrogen-bond donors (Lipinski definition) is 1. The zero-order chi connectivity index (χ0) is 16.8. The van der Waals surface area contributed by atoms with Crippen molar-refractivity contribution in [1.29, 1.82) is 0 Å². The van der Waals surface area contributed by atoms with E-state index in [1.807, 2.05) is 12.1 Å². The molecule has 0 amide bonds. The smallest absolute Gasteiger partial charge is 0.152 e. The fourth-order valence-electron chi connectivity index (χ4n) is 4.23. The predicted molar refractivity (Wildman–Crippen MR) is 106 cm³/mol. The van der Waals surface area contributed by atoms with Gasteiger partial charge in [0.2, 0.25) is 0 Å². The van der Waals surface area contributed by atoms with Crippen molar-refractivity contribution in [3.8, 4) is 11.3 Å². The van der Waals surface area contributed by atoms with Crippen LogP contribution in [0, 0.1) is 17.8 Å². The maximum atomic E-state index is 6.28. The fraction of sp³-hybridized carbons (Fsp3) is 0.474. The van der Waals surface area contributed by atoms with E-state index < -0.39 is 0 Å². The number of rotatable bonds is 2. The van der Waals surface area contributed by atoms with Crippen molar-refractivity contribution < 1.29 is 0 Å². The molecule has 25 heavy (non-hydrogen) atoms. The number of nitrogens with zero attached hydrogens (tertiary/aromatic N) is 3. The van der Waals surface area contributed by atoms with Gasteiger partial charge in [0, 0.05) is 18.7 Å². The largest absolute Gasteiger partial charge is 0.382 e. The number of aromatic nitrogens is 2. The average Bonchev–Trinajstić information content (AvgIpc) is 3.08. The Bertz CT molecular complexity index is 766. The van der Waals surface area contributed by atoms with Gasteiger partial charge in [0.1, 0.15) is 11.5 Å². The van der Waals surface area contributed by atoms with Crippen LogP contribution in [0.15, 0.2) is 24.4 Å². The average molecular weight is 379 g/mol. The van der Waals surface area contributed by atoms with Crippen molar-refractivity contribution in [2.24, 2.45) is 17.8 Å². The first-order valence-corrected chi connectivity index (χ1v) is 9.10. The lowest BCUT2D eigenvalue weighted by Crippen LogP contribution is -2.23. The Kier molecular flexibility index (Phi) is 5.12. The molecular weight excluding hydrogens is 355 g/mol. The van der Waals surface area contributed by atoms with Crippen LogP contribution in [0.3, 0.4) is 0 Å². The van der Waals surface area contributed by atoms with E-state index in [0.717, 1.165) is 36.7 Å². The third-order valence-electron chi connectivity index (χ3n) is 5.30. The number of benzene rings is 1. The van der Waals surface area contributed by atoms with Crippen molar-refractivity contribution in [3.05, 3.63) is 34.4 Å². The van der Waals surface area contributed by atoms with Gasteiger partial charge in [-0.3, -0.25) is 0 Å². The Labute approximate surface area is 159 Å². The SMILES string of the molecule is C.CC1CC2CN(c3cnc(-c4cccc(Cl)c4Cl)c(N)n3)CC2C1. The van der Waals surface area contributed by atoms with Crippen LogP contribution in [-0.4, -0.2) is 23.1 Å². The molecule has 4 nitrogen and oxygen atoms in total.